The van der Waals surface area contributed by atoms with Crippen LogP contribution in [0.1, 0.15) is 52.4 Å². The molecule has 0 bridgehead atoms. The van der Waals surface area contributed by atoms with Gasteiger partial charge in [-0.1, -0.05) is 33.1 Å². The van der Waals surface area contributed by atoms with Crippen LogP contribution < -0.4 is 0 Å². The standard InChI is InChI=1S/C16H30O6/c1-5-7-8-11-21-15(17)13(9-6-2)16(18)22-14(20-4)10-12-19-3/h13-14H,5-12H2,1-4H3. The summed E-state index contributed by atoms with van der Waals surface area (Å²) in [4.78, 5) is 24.2. The smallest absolute Gasteiger partial charge is 0.322 e. The summed E-state index contributed by atoms with van der Waals surface area (Å²) < 4.78 is 20.4. The van der Waals surface area contributed by atoms with Crippen LogP contribution in [0, 0.1) is 5.92 Å². The Labute approximate surface area is 133 Å². The topological polar surface area (TPSA) is 71.1 Å². The second-order valence-electron chi connectivity index (χ2n) is 5.10. The second kappa shape index (κ2) is 13.5. The van der Waals surface area contributed by atoms with E-state index in [1.54, 1.807) is 7.11 Å². The molecular weight excluding hydrogens is 288 g/mol. The van der Waals surface area contributed by atoms with Crippen LogP contribution >= 0.6 is 0 Å². The maximum Gasteiger partial charge on any atom is 0.322 e. The van der Waals surface area contributed by atoms with Gasteiger partial charge in [-0.05, 0) is 12.8 Å². The van der Waals surface area contributed by atoms with Crippen molar-refractivity contribution in [1.29, 1.82) is 0 Å². The molecule has 0 radical (unpaired) electrons. The Hall–Kier alpha value is -1.14. The number of hydrogen-bond acceptors (Lipinski definition) is 6. The number of methoxy groups -OCH3 is 2. The third kappa shape index (κ3) is 9.00. The Bertz CT molecular complexity index is 305. The molecule has 0 saturated carbocycles. The Balaban J connectivity index is 4.43. The van der Waals surface area contributed by atoms with E-state index in [4.69, 9.17) is 18.9 Å². The van der Waals surface area contributed by atoms with Gasteiger partial charge in [0, 0.05) is 20.6 Å². The summed E-state index contributed by atoms with van der Waals surface area (Å²) in [6, 6.07) is 0. The molecule has 6 heteroatoms. The Morgan fingerprint density at radius 1 is 0.909 bits per heavy atom. The first-order chi connectivity index (χ1) is 10.6. The highest BCUT2D eigenvalue weighted by Gasteiger charge is 2.30. The van der Waals surface area contributed by atoms with Gasteiger partial charge in [-0.3, -0.25) is 9.59 Å². The van der Waals surface area contributed by atoms with Crippen molar-refractivity contribution < 1.29 is 28.5 Å². The van der Waals surface area contributed by atoms with Gasteiger partial charge in [0.05, 0.1) is 13.2 Å². The van der Waals surface area contributed by atoms with Crippen LogP contribution in [0.3, 0.4) is 0 Å². The minimum absolute atomic E-state index is 0.345. The lowest BCUT2D eigenvalue weighted by atomic mass is 10.0. The molecular formula is C16H30O6. The van der Waals surface area contributed by atoms with Crippen LogP contribution in [-0.2, 0) is 28.5 Å². The summed E-state index contributed by atoms with van der Waals surface area (Å²) in [5.41, 5.74) is 0. The van der Waals surface area contributed by atoms with Gasteiger partial charge in [0.15, 0.2) is 5.92 Å². The zero-order valence-corrected chi connectivity index (χ0v) is 14.3. The van der Waals surface area contributed by atoms with Gasteiger partial charge in [0.2, 0.25) is 6.29 Å². The van der Waals surface area contributed by atoms with Gasteiger partial charge in [-0.25, -0.2) is 0 Å². The number of unbranched alkanes of at least 4 members (excludes halogenated alkanes) is 2. The molecule has 0 aliphatic carbocycles. The molecule has 22 heavy (non-hydrogen) atoms. The fraction of sp³-hybridized carbons (Fsp3) is 0.875. The maximum absolute atomic E-state index is 12.2. The van der Waals surface area contributed by atoms with Crippen LogP contribution in [0.5, 0.6) is 0 Å². The van der Waals surface area contributed by atoms with E-state index in [2.05, 4.69) is 6.92 Å². The van der Waals surface area contributed by atoms with E-state index in [1.165, 1.54) is 7.11 Å². The Kier molecular flexibility index (Phi) is 12.8. The SMILES string of the molecule is CCCCCOC(=O)C(CCC)C(=O)OC(CCOC)OC. The fourth-order valence-corrected chi connectivity index (χ4v) is 1.90. The van der Waals surface area contributed by atoms with E-state index in [0.717, 1.165) is 19.3 Å². The average Bonchev–Trinajstić information content (AvgIpc) is 2.52. The van der Waals surface area contributed by atoms with E-state index in [0.29, 0.717) is 32.5 Å². The van der Waals surface area contributed by atoms with Gasteiger partial charge in [-0.15, -0.1) is 0 Å². The lowest BCUT2D eigenvalue weighted by Gasteiger charge is -2.19. The quantitative estimate of drug-likeness (QED) is 0.225. The number of ether oxygens (including phenoxy) is 4. The summed E-state index contributed by atoms with van der Waals surface area (Å²) in [6.45, 7) is 4.73. The van der Waals surface area contributed by atoms with Crippen LogP contribution in [0.25, 0.3) is 0 Å². The molecule has 2 atom stereocenters. The number of esters is 2. The lowest BCUT2D eigenvalue weighted by Crippen LogP contribution is -2.32. The van der Waals surface area contributed by atoms with Crippen molar-refractivity contribution in [2.75, 3.05) is 27.4 Å². The highest BCUT2D eigenvalue weighted by molar-refractivity contribution is 5.94. The summed E-state index contributed by atoms with van der Waals surface area (Å²) >= 11 is 0. The first-order valence-corrected chi connectivity index (χ1v) is 7.99. The molecule has 0 fully saturated rings. The number of carbonyl (C=O) groups excluding carboxylic acids is 2. The molecule has 6 nitrogen and oxygen atoms in total. The molecule has 0 aliphatic heterocycles. The van der Waals surface area contributed by atoms with Crippen molar-refractivity contribution in [3.05, 3.63) is 0 Å². The zero-order valence-electron chi connectivity index (χ0n) is 14.3. The molecule has 0 saturated heterocycles. The van der Waals surface area contributed by atoms with E-state index < -0.39 is 24.1 Å². The van der Waals surface area contributed by atoms with E-state index >= 15 is 0 Å². The van der Waals surface area contributed by atoms with Crippen molar-refractivity contribution in [2.24, 2.45) is 5.92 Å². The third-order valence-electron chi connectivity index (χ3n) is 3.21. The first kappa shape index (κ1) is 20.9. The Morgan fingerprint density at radius 3 is 2.18 bits per heavy atom. The summed E-state index contributed by atoms with van der Waals surface area (Å²) in [7, 11) is 3.01. The number of carbonyl (C=O) groups is 2. The summed E-state index contributed by atoms with van der Waals surface area (Å²) in [5, 5.41) is 0. The van der Waals surface area contributed by atoms with Gasteiger partial charge in [0.1, 0.15) is 0 Å². The van der Waals surface area contributed by atoms with E-state index in [9.17, 15) is 9.59 Å². The monoisotopic (exact) mass is 318 g/mol. The predicted molar refractivity (Wildman–Crippen MR) is 82.3 cm³/mol. The maximum atomic E-state index is 12.2. The normalized spacial score (nSPS) is 13.5. The molecule has 0 aliphatic rings. The third-order valence-corrected chi connectivity index (χ3v) is 3.21. The van der Waals surface area contributed by atoms with Crippen LogP contribution in [-0.4, -0.2) is 45.7 Å². The molecule has 130 valence electrons. The fourth-order valence-electron chi connectivity index (χ4n) is 1.90. The number of hydrogen-bond donors (Lipinski definition) is 0. The predicted octanol–water partition coefficient (Wildman–Crippen LogP) is 2.69. The highest BCUT2D eigenvalue weighted by atomic mass is 16.7. The summed E-state index contributed by atoms with van der Waals surface area (Å²) in [5.74, 6) is -1.98. The molecule has 0 aromatic heterocycles. The minimum atomic E-state index is -0.883. The second-order valence-corrected chi connectivity index (χ2v) is 5.10. The highest BCUT2D eigenvalue weighted by Crippen LogP contribution is 2.14. The molecule has 0 amide bonds. The molecule has 0 spiro atoms. The zero-order chi connectivity index (χ0) is 16.8. The molecule has 0 heterocycles. The molecule has 0 N–H and O–H groups in total. The first-order valence-electron chi connectivity index (χ1n) is 7.99. The molecule has 0 aromatic rings. The van der Waals surface area contributed by atoms with Crippen molar-refractivity contribution in [3.63, 3.8) is 0 Å². The lowest BCUT2D eigenvalue weighted by molar-refractivity contribution is -0.185. The van der Waals surface area contributed by atoms with Crippen molar-refractivity contribution in [3.8, 4) is 0 Å². The molecule has 0 rings (SSSR count). The number of rotatable bonds is 13. The Morgan fingerprint density at radius 2 is 1.64 bits per heavy atom. The van der Waals surface area contributed by atoms with E-state index in [1.807, 2.05) is 6.92 Å². The average molecular weight is 318 g/mol. The van der Waals surface area contributed by atoms with Crippen molar-refractivity contribution in [1.82, 2.24) is 0 Å². The van der Waals surface area contributed by atoms with Crippen LogP contribution in [0.4, 0.5) is 0 Å². The van der Waals surface area contributed by atoms with Crippen molar-refractivity contribution >= 4 is 11.9 Å². The van der Waals surface area contributed by atoms with Gasteiger partial charge in [-0.2, -0.15) is 0 Å². The van der Waals surface area contributed by atoms with Gasteiger partial charge >= 0.3 is 11.9 Å². The van der Waals surface area contributed by atoms with Crippen LogP contribution in [0.2, 0.25) is 0 Å². The minimum Gasteiger partial charge on any atom is -0.465 e. The van der Waals surface area contributed by atoms with E-state index in [-0.39, 0.29) is 0 Å². The summed E-state index contributed by atoms with van der Waals surface area (Å²) in [6.07, 6.45) is 3.67. The molecule has 0 aromatic carbocycles. The van der Waals surface area contributed by atoms with Crippen molar-refractivity contribution in [2.45, 2.75) is 58.7 Å². The molecule has 2 unspecified atom stereocenters. The van der Waals surface area contributed by atoms with Crippen LogP contribution in [0.15, 0.2) is 0 Å². The van der Waals surface area contributed by atoms with Gasteiger partial charge < -0.3 is 18.9 Å². The van der Waals surface area contributed by atoms with Gasteiger partial charge in [0.25, 0.3) is 0 Å². The largest absolute Gasteiger partial charge is 0.465 e.